The van der Waals surface area contributed by atoms with Crippen molar-refractivity contribution < 1.29 is 0 Å². The summed E-state index contributed by atoms with van der Waals surface area (Å²) in [6.45, 7) is 6.45. The monoisotopic (exact) mass is 325 g/mol. The zero-order chi connectivity index (χ0) is 16.0. The lowest BCUT2D eigenvalue weighted by molar-refractivity contribution is 0.375. The normalized spacial score (nSPS) is 19.7. The molecule has 2 heterocycles. The first kappa shape index (κ1) is 14.6. The topological polar surface area (TPSA) is 18.8 Å². The maximum Gasteiger partial charge on any atom is 0.202 e. The molecule has 1 atom stereocenters. The maximum absolute atomic E-state index is 6.27. The highest BCUT2D eigenvalue weighted by Crippen LogP contribution is 2.42. The Morgan fingerprint density at radius 3 is 2.61 bits per heavy atom. The van der Waals surface area contributed by atoms with Crippen molar-refractivity contribution >= 4 is 23.2 Å². The van der Waals surface area contributed by atoms with E-state index in [1.165, 1.54) is 11.1 Å². The Labute approximate surface area is 142 Å². The van der Waals surface area contributed by atoms with Crippen LogP contribution in [0.1, 0.15) is 31.0 Å². The Morgan fingerprint density at radius 1 is 1.09 bits per heavy atom. The van der Waals surface area contributed by atoms with Gasteiger partial charge in [0.15, 0.2) is 0 Å². The molecule has 0 radical (unpaired) electrons. The number of nitrogens with zero attached hydrogens (tertiary/aromatic N) is 3. The summed E-state index contributed by atoms with van der Waals surface area (Å²) in [7, 11) is 0. The standard InChI is InChI=1S/C19H20ClN3/c1-13(2)22-10-11-23-18(14-6-4-3-5-7-14)16-12-15(20)8-9-17(16)21-19(22)23/h3-9,12-13,18H,10-11H2,1-2H3. The molecular weight excluding hydrogens is 306 g/mol. The first-order valence-corrected chi connectivity index (χ1v) is 8.49. The lowest BCUT2D eigenvalue weighted by Crippen LogP contribution is -2.41. The van der Waals surface area contributed by atoms with E-state index in [2.05, 4.69) is 60.0 Å². The second-order valence-corrected chi connectivity index (χ2v) is 6.85. The Kier molecular flexibility index (Phi) is 3.53. The summed E-state index contributed by atoms with van der Waals surface area (Å²) >= 11 is 6.27. The Bertz CT molecular complexity index is 754. The summed E-state index contributed by atoms with van der Waals surface area (Å²) in [6, 6.07) is 17.3. The van der Waals surface area contributed by atoms with E-state index in [4.69, 9.17) is 16.6 Å². The molecule has 0 aromatic heterocycles. The van der Waals surface area contributed by atoms with Crippen molar-refractivity contribution in [1.29, 1.82) is 0 Å². The summed E-state index contributed by atoms with van der Waals surface area (Å²) in [4.78, 5) is 9.73. The molecule has 2 aliphatic rings. The number of halogens is 1. The van der Waals surface area contributed by atoms with Crippen LogP contribution in [0.15, 0.2) is 53.5 Å². The first-order valence-electron chi connectivity index (χ1n) is 8.11. The smallest absolute Gasteiger partial charge is 0.202 e. The summed E-state index contributed by atoms with van der Waals surface area (Å²) in [5.74, 6) is 1.09. The van der Waals surface area contributed by atoms with Crippen molar-refractivity contribution in [3.8, 4) is 0 Å². The first-order chi connectivity index (χ1) is 11.1. The van der Waals surface area contributed by atoms with Crippen LogP contribution in [-0.4, -0.2) is 34.9 Å². The molecule has 118 valence electrons. The Morgan fingerprint density at radius 2 is 1.87 bits per heavy atom. The van der Waals surface area contributed by atoms with Crippen LogP contribution < -0.4 is 0 Å². The molecule has 2 aliphatic heterocycles. The van der Waals surface area contributed by atoms with Crippen LogP contribution in [-0.2, 0) is 0 Å². The molecule has 4 rings (SSSR count). The molecule has 0 saturated carbocycles. The molecule has 1 fully saturated rings. The maximum atomic E-state index is 6.27. The molecule has 0 aliphatic carbocycles. The van der Waals surface area contributed by atoms with Crippen LogP contribution in [0, 0.1) is 0 Å². The van der Waals surface area contributed by atoms with Gasteiger partial charge in [-0.15, -0.1) is 0 Å². The predicted molar refractivity (Wildman–Crippen MR) is 95.4 cm³/mol. The number of aliphatic imine (C=N–C) groups is 1. The minimum absolute atomic E-state index is 0.182. The van der Waals surface area contributed by atoms with Gasteiger partial charge < -0.3 is 9.80 Å². The highest BCUT2D eigenvalue weighted by atomic mass is 35.5. The molecule has 1 unspecified atom stereocenters. The zero-order valence-electron chi connectivity index (χ0n) is 13.4. The molecule has 23 heavy (non-hydrogen) atoms. The van der Waals surface area contributed by atoms with Crippen molar-refractivity contribution in [1.82, 2.24) is 9.80 Å². The average Bonchev–Trinajstić information content (AvgIpc) is 2.97. The van der Waals surface area contributed by atoms with E-state index in [1.54, 1.807) is 0 Å². The second-order valence-electron chi connectivity index (χ2n) is 6.41. The SMILES string of the molecule is CC(C)N1CCN2C1=Nc1ccc(Cl)cc1C2c1ccccc1. The van der Waals surface area contributed by atoms with Gasteiger partial charge in [-0.1, -0.05) is 41.9 Å². The van der Waals surface area contributed by atoms with E-state index >= 15 is 0 Å². The van der Waals surface area contributed by atoms with Crippen LogP contribution >= 0.6 is 11.6 Å². The third kappa shape index (κ3) is 2.40. The lowest BCUT2D eigenvalue weighted by atomic mass is 9.95. The molecule has 0 N–H and O–H groups in total. The summed E-state index contributed by atoms with van der Waals surface area (Å²) in [6.07, 6.45) is 0. The van der Waals surface area contributed by atoms with E-state index in [1.807, 2.05) is 12.1 Å². The van der Waals surface area contributed by atoms with Gasteiger partial charge in [-0.05, 0) is 37.6 Å². The fourth-order valence-electron chi connectivity index (χ4n) is 3.56. The van der Waals surface area contributed by atoms with Crippen molar-refractivity contribution in [3.63, 3.8) is 0 Å². The van der Waals surface area contributed by atoms with Gasteiger partial charge in [0.2, 0.25) is 5.96 Å². The summed E-state index contributed by atoms with van der Waals surface area (Å²) in [5.41, 5.74) is 3.51. The van der Waals surface area contributed by atoms with Crippen LogP contribution in [0.4, 0.5) is 5.69 Å². The number of hydrogen-bond donors (Lipinski definition) is 0. The van der Waals surface area contributed by atoms with Crippen LogP contribution in [0.2, 0.25) is 5.02 Å². The highest BCUT2D eigenvalue weighted by Gasteiger charge is 2.38. The van der Waals surface area contributed by atoms with Crippen molar-refractivity contribution in [3.05, 3.63) is 64.7 Å². The summed E-state index contributed by atoms with van der Waals surface area (Å²) < 4.78 is 0. The van der Waals surface area contributed by atoms with E-state index in [0.717, 1.165) is 29.8 Å². The number of fused-ring (bicyclic) bond motifs is 2. The van der Waals surface area contributed by atoms with Gasteiger partial charge in [0.25, 0.3) is 0 Å². The van der Waals surface area contributed by atoms with E-state index in [-0.39, 0.29) is 6.04 Å². The molecular formula is C19H20ClN3. The number of guanidine groups is 1. The van der Waals surface area contributed by atoms with Crippen molar-refractivity contribution in [2.75, 3.05) is 13.1 Å². The highest BCUT2D eigenvalue weighted by molar-refractivity contribution is 6.30. The van der Waals surface area contributed by atoms with Gasteiger partial charge >= 0.3 is 0 Å². The third-order valence-corrected chi connectivity index (χ3v) is 4.89. The minimum atomic E-state index is 0.182. The van der Waals surface area contributed by atoms with E-state index in [0.29, 0.717) is 6.04 Å². The van der Waals surface area contributed by atoms with Gasteiger partial charge in [0, 0.05) is 29.7 Å². The molecule has 4 heteroatoms. The Hall–Kier alpha value is -2.00. The van der Waals surface area contributed by atoms with Gasteiger partial charge in [-0.2, -0.15) is 0 Å². The van der Waals surface area contributed by atoms with Gasteiger partial charge in [-0.3, -0.25) is 0 Å². The predicted octanol–water partition coefficient (Wildman–Crippen LogP) is 4.46. The number of rotatable bonds is 2. The quantitative estimate of drug-likeness (QED) is 0.812. The van der Waals surface area contributed by atoms with Crippen LogP contribution in [0.5, 0.6) is 0 Å². The average molecular weight is 326 g/mol. The van der Waals surface area contributed by atoms with Crippen LogP contribution in [0.25, 0.3) is 0 Å². The van der Waals surface area contributed by atoms with Gasteiger partial charge in [0.1, 0.15) is 0 Å². The van der Waals surface area contributed by atoms with E-state index < -0.39 is 0 Å². The van der Waals surface area contributed by atoms with Gasteiger partial charge in [0.05, 0.1) is 11.7 Å². The Balaban J connectivity index is 1.89. The molecule has 0 bridgehead atoms. The summed E-state index contributed by atoms with van der Waals surface area (Å²) in [5, 5.41) is 0.767. The molecule has 0 spiro atoms. The molecule has 3 nitrogen and oxygen atoms in total. The number of hydrogen-bond acceptors (Lipinski definition) is 3. The molecule has 1 saturated heterocycles. The van der Waals surface area contributed by atoms with Crippen molar-refractivity contribution in [2.24, 2.45) is 4.99 Å². The molecule has 0 amide bonds. The van der Waals surface area contributed by atoms with Crippen LogP contribution in [0.3, 0.4) is 0 Å². The van der Waals surface area contributed by atoms with Gasteiger partial charge in [-0.25, -0.2) is 4.99 Å². The molecule has 2 aromatic rings. The largest absolute Gasteiger partial charge is 0.338 e. The van der Waals surface area contributed by atoms with E-state index in [9.17, 15) is 0 Å². The fourth-order valence-corrected chi connectivity index (χ4v) is 3.74. The number of benzene rings is 2. The fraction of sp³-hybridized carbons (Fsp3) is 0.316. The molecule has 2 aromatic carbocycles. The zero-order valence-corrected chi connectivity index (χ0v) is 14.2. The minimum Gasteiger partial charge on any atom is -0.338 e. The lowest BCUT2D eigenvalue weighted by Gasteiger charge is -2.36. The van der Waals surface area contributed by atoms with Crippen molar-refractivity contribution in [2.45, 2.75) is 25.9 Å². The third-order valence-electron chi connectivity index (χ3n) is 4.65. The second kappa shape index (κ2) is 5.57.